The Kier molecular flexibility index (Phi) is 3.85. The second kappa shape index (κ2) is 5.56. The maximum Gasteiger partial charge on any atom is 0.203 e. The molecular weight excluding hydrogens is 257 g/mol. The third-order valence-electron chi connectivity index (χ3n) is 2.45. The van der Waals surface area contributed by atoms with Crippen LogP contribution in [-0.4, -0.2) is 12.4 Å². The normalized spacial score (nSPS) is 10.3. The lowest BCUT2D eigenvalue weighted by atomic mass is 10.1. The molecule has 0 saturated heterocycles. The first-order chi connectivity index (χ1) is 9.09. The molecule has 0 N–H and O–H groups in total. The number of Topliss-reactive ketones (excluding diaryl/α,β-unsaturated/α-hetero) is 1. The van der Waals surface area contributed by atoms with E-state index < -0.39 is 29.8 Å². The Balaban J connectivity index is 2.09. The predicted octanol–water partition coefficient (Wildman–Crippen LogP) is 3.37. The van der Waals surface area contributed by atoms with Gasteiger partial charge in [-0.15, -0.1) is 0 Å². The van der Waals surface area contributed by atoms with Crippen LogP contribution in [0.2, 0.25) is 0 Å². The van der Waals surface area contributed by atoms with Crippen LogP contribution in [0.15, 0.2) is 42.5 Å². The molecule has 0 bridgehead atoms. The molecule has 0 aliphatic rings. The smallest absolute Gasteiger partial charge is 0.203 e. The Labute approximate surface area is 107 Å². The fraction of sp³-hybridized carbons (Fsp3) is 0.0714. The summed E-state index contributed by atoms with van der Waals surface area (Å²) in [6, 6.07) is 8.74. The van der Waals surface area contributed by atoms with Gasteiger partial charge in [-0.05, 0) is 24.3 Å². The molecule has 2 aromatic rings. The van der Waals surface area contributed by atoms with Crippen molar-refractivity contribution in [3.63, 3.8) is 0 Å². The number of halogens is 3. The van der Waals surface area contributed by atoms with E-state index in [0.717, 1.165) is 12.1 Å². The molecule has 19 heavy (non-hydrogen) atoms. The van der Waals surface area contributed by atoms with Gasteiger partial charge in [0, 0.05) is 0 Å². The second-order valence-corrected chi connectivity index (χ2v) is 3.74. The van der Waals surface area contributed by atoms with Crippen molar-refractivity contribution in [3.05, 3.63) is 65.5 Å². The average molecular weight is 266 g/mol. The van der Waals surface area contributed by atoms with Crippen LogP contribution < -0.4 is 4.74 Å². The van der Waals surface area contributed by atoms with Crippen LogP contribution in [0.3, 0.4) is 0 Å². The first kappa shape index (κ1) is 13.1. The van der Waals surface area contributed by atoms with E-state index in [1.807, 2.05) is 0 Å². The molecule has 0 aliphatic heterocycles. The van der Waals surface area contributed by atoms with E-state index >= 15 is 0 Å². The lowest BCUT2D eigenvalue weighted by Crippen LogP contribution is -2.14. The topological polar surface area (TPSA) is 26.3 Å². The molecule has 0 aromatic heterocycles. The number of benzene rings is 2. The molecule has 5 heteroatoms. The zero-order valence-electron chi connectivity index (χ0n) is 9.70. The summed E-state index contributed by atoms with van der Waals surface area (Å²) in [5.74, 6) is -3.97. The Morgan fingerprint density at radius 1 is 0.947 bits per heavy atom. The second-order valence-electron chi connectivity index (χ2n) is 3.74. The van der Waals surface area contributed by atoms with Crippen LogP contribution in [0.1, 0.15) is 10.4 Å². The van der Waals surface area contributed by atoms with Crippen molar-refractivity contribution in [1.82, 2.24) is 0 Å². The third kappa shape index (κ3) is 2.93. The molecule has 0 atom stereocenters. The Hall–Kier alpha value is -2.30. The summed E-state index contributed by atoms with van der Waals surface area (Å²) in [4.78, 5) is 11.7. The van der Waals surface area contributed by atoms with E-state index in [1.165, 1.54) is 30.3 Å². The minimum absolute atomic E-state index is 0.153. The zero-order valence-corrected chi connectivity index (χ0v) is 9.70. The number of rotatable bonds is 4. The van der Waals surface area contributed by atoms with Gasteiger partial charge in [0.05, 0.1) is 5.56 Å². The summed E-state index contributed by atoms with van der Waals surface area (Å²) >= 11 is 0. The summed E-state index contributed by atoms with van der Waals surface area (Å²) in [5.41, 5.74) is -0.153. The third-order valence-corrected chi connectivity index (χ3v) is 2.45. The lowest BCUT2D eigenvalue weighted by Gasteiger charge is -2.07. The van der Waals surface area contributed by atoms with Crippen molar-refractivity contribution in [3.8, 4) is 5.75 Å². The average Bonchev–Trinajstić information content (AvgIpc) is 2.40. The highest BCUT2D eigenvalue weighted by atomic mass is 19.2. The van der Waals surface area contributed by atoms with Gasteiger partial charge in [0.15, 0.2) is 18.2 Å². The van der Waals surface area contributed by atoms with E-state index in [0.29, 0.717) is 0 Å². The van der Waals surface area contributed by atoms with Crippen LogP contribution in [0.25, 0.3) is 0 Å². The highest BCUT2D eigenvalue weighted by molar-refractivity contribution is 5.97. The summed E-state index contributed by atoms with van der Waals surface area (Å²) in [7, 11) is 0. The fourth-order valence-electron chi connectivity index (χ4n) is 1.50. The van der Waals surface area contributed by atoms with Crippen LogP contribution in [0.4, 0.5) is 13.2 Å². The van der Waals surface area contributed by atoms with Gasteiger partial charge in [-0.1, -0.05) is 18.2 Å². The van der Waals surface area contributed by atoms with Crippen molar-refractivity contribution >= 4 is 5.78 Å². The summed E-state index contributed by atoms with van der Waals surface area (Å²) in [5, 5.41) is 0. The summed E-state index contributed by atoms with van der Waals surface area (Å²) < 4.78 is 44.3. The lowest BCUT2D eigenvalue weighted by molar-refractivity contribution is 0.0914. The number of hydrogen-bond donors (Lipinski definition) is 0. The molecule has 0 unspecified atom stereocenters. The van der Waals surface area contributed by atoms with Gasteiger partial charge in [-0.3, -0.25) is 4.79 Å². The maximum atomic E-state index is 13.3. The van der Waals surface area contributed by atoms with Gasteiger partial charge in [-0.25, -0.2) is 8.78 Å². The number of ether oxygens (including phenoxy) is 1. The molecule has 2 nitrogen and oxygen atoms in total. The number of carbonyl (C=O) groups excluding carboxylic acids is 1. The molecule has 98 valence electrons. The number of carbonyl (C=O) groups is 1. The molecule has 0 radical (unpaired) electrons. The SMILES string of the molecule is O=C(COc1cccc(F)c1F)c1ccccc1F. The zero-order chi connectivity index (χ0) is 13.8. The minimum Gasteiger partial charge on any atom is -0.482 e. The van der Waals surface area contributed by atoms with Crippen LogP contribution >= 0.6 is 0 Å². The largest absolute Gasteiger partial charge is 0.482 e. The molecule has 0 heterocycles. The van der Waals surface area contributed by atoms with Crippen molar-refractivity contribution in [2.45, 2.75) is 0 Å². The molecule has 0 amide bonds. The summed E-state index contributed by atoms with van der Waals surface area (Å²) in [6.07, 6.45) is 0. The predicted molar refractivity (Wildman–Crippen MR) is 62.6 cm³/mol. The monoisotopic (exact) mass is 266 g/mol. The van der Waals surface area contributed by atoms with Crippen molar-refractivity contribution in [2.75, 3.05) is 6.61 Å². The first-order valence-electron chi connectivity index (χ1n) is 5.44. The fourth-order valence-corrected chi connectivity index (χ4v) is 1.50. The Morgan fingerprint density at radius 3 is 2.37 bits per heavy atom. The minimum atomic E-state index is -1.18. The van der Waals surface area contributed by atoms with Gasteiger partial charge in [0.1, 0.15) is 5.82 Å². The van der Waals surface area contributed by atoms with Gasteiger partial charge in [-0.2, -0.15) is 4.39 Å². The van der Waals surface area contributed by atoms with Crippen molar-refractivity contribution in [1.29, 1.82) is 0 Å². The van der Waals surface area contributed by atoms with Crippen LogP contribution in [0.5, 0.6) is 5.75 Å². The van der Waals surface area contributed by atoms with Crippen LogP contribution in [-0.2, 0) is 0 Å². The summed E-state index contributed by atoms with van der Waals surface area (Å²) in [6.45, 7) is -0.568. The number of hydrogen-bond acceptors (Lipinski definition) is 2. The van der Waals surface area contributed by atoms with E-state index in [4.69, 9.17) is 4.74 Å². The van der Waals surface area contributed by atoms with Gasteiger partial charge < -0.3 is 4.74 Å². The number of ketones is 1. The van der Waals surface area contributed by atoms with Gasteiger partial charge in [0.2, 0.25) is 11.6 Å². The van der Waals surface area contributed by atoms with Crippen molar-refractivity contribution < 1.29 is 22.7 Å². The Morgan fingerprint density at radius 2 is 1.63 bits per heavy atom. The molecule has 0 spiro atoms. The maximum absolute atomic E-state index is 13.3. The highest BCUT2D eigenvalue weighted by Crippen LogP contribution is 2.19. The van der Waals surface area contributed by atoms with Gasteiger partial charge >= 0.3 is 0 Å². The van der Waals surface area contributed by atoms with E-state index in [2.05, 4.69) is 0 Å². The van der Waals surface area contributed by atoms with E-state index in [1.54, 1.807) is 0 Å². The van der Waals surface area contributed by atoms with Crippen LogP contribution in [0, 0.1) is 17.5 Å². The Bertz CT molecular complexity index is 611. The molecule has 2 rings (SSSR count). The van der Waals surface area contributed by atoms with Gasteiger partial charge in [0.25, 0.3) is 0 Å². The standard InChI is InChI=1S/C14H9F3O2/c15-10-5-2-1-4-9(10)12(18)8-19-13-7-3-6-11(16)14(13)17/h1-7H,8H2. The van der Waals surface area contributed by atoms with Crippen molar-refractivity contribution in [2.24, 2.45) is 0 Å². The van der Waals surface area contributed by atoms with E-state index in [-0.39, 0.29) is 11.3 Å². The first-order valence-corrected chi connectivity index (χ1v) is 5.44. The van der Waals surface area contributed by atoms with E-state index in [9.17, 15) is 18.0 Å². The molecule has 0 fully saturated rings. The molecule has 2 aromatic carbocycles. The highest BCUT2D eigenvalue weighted by Gasteiger charge is 2.14. The molecular formula is C14H9F3O2. The molecule has 0 saturated carbocycles. The molecule has 0 aliphatic carbocycles. The quantitative estimate of drug-likeness (QED) is 0.793.